The van der Waals surface area contributed by atoms with Crippen LogP contribution in [0.2, 0.25) is 0 Å². The van der Waals surface area contributed by atoms with Gasteiger partial charge in [0.05, 0.1) is 0 Å². The number of aromatic nitrogens is 1. The van der Waals surface area contributed by atoms with Crippen molar-refractivity contribution in [1.29, 1.82) is 0 Å². The number of rotatable bonds is 1. The first kappa shape index (κ1) is 9.66. The Labute approximate surface area is 86.0 Å². The lowest BCUT2D eigenvalue weighted by atomic mass is 10.0. The molecule has 1 fully saturated rings. The van der Waals surface area contributed by atoms with Crippen molar-refractivity contribution >= 4 is 0 Å². The first-order valence-electron chi connectivity index (χ1n) is 5.32. The molecule has 0 amide bonds. The molecule has 0 N–H and O–H groups in total. The molecule has 1 aliphatic rings. The van der Waals surface area contributed by atoms with Crippen LogP contribution >= 0.6 is 0 Å². The molecule has 0 aromatic carbocycles. The van der Waals surface area contributed by atoms with E-state index < -0.39 is 0 Å². The van der Waals surface area contributed by atoms with Crippen LogP contribution in [-0.2, 0) is 0 Å². The van der Waals surface area contributed by atoms with E-state index in [9.17, 15) is 0 Å². The average Bonchev–Trinajstić information content (AvgIpc) is 2.52. The Kier molecular flexibility index (Phi) is 2.55. The van der Waals surface area contributed by atoms with Crippen LogP contribution in [0, 0.1) is 13.8 Å². The lowest BCUT2D eigenvalue weighted by molar-refractivity contribution is 0.316. The maximum atomic E-state index is 4.39. The van der Waals surface area contributed by atoms with Gasteiger partial charge in [-0.25, -0.2) is 0 Å². The minimum atomic E-state index is 0.600. The van der Waals surface area contributed by atoms with E-state index in [-0.39, 0.29) is 0 Å². The van der Waals surface area contributed by atoms with Gasteiger partial charge in [0.1, 0.15) is 0 Å². The fourth-order valence-electron chi connectivity index (χ4n) is 2.36. The van der Waals surface area contributed by atoms with E-state index in [0.717, 1.165) is 5.69 Å². The summed E-state index contributed by atoms with van der Waals surface area (Å²) >= 11 is 0. The zero-order chi connectivity index (χ0) is 10.1. The van der Waals surface area contributed by atoms with Crippen LogP contribution in [0.5, 0.6) is 0 Å². The number of nitrogens with zero attached hydrogens (tertiary/aromatic N) is 2. The second-order valence-corrected chi connectivity index (χ2v) is 4.32. The average molecular weight is 190 g/mol. The third kappa shape index (κ3) is 1.67. The van der Waals surface area contributed by atoms with E-state index >= 15 is 0 Å². The summed E-state index contributed by atoms with van der Waals surface area (Å²) in [5.74, 6) is 0. The molecule has 1 aliphatic heterocycles. The Morgan fingerprint density at radius 3 is 2.79 bits per heavy atom. The minimum Gasteiger partial charge on any atom is -0.299 e. The standard InChI is InChI=1S/C12H18N2/c1-9-7-10(2)13-8-11(9)12-5-4-6-14(12)3/h7-8,12H,4-6H2,1-3H3/t12-/m1/s1. The minimum absolute atomic E-state index is 0.600. The van der Waals surface area contributed by atoms with Crippen molar-refractivity contribution in [2.75, 3.05) is 13.6 Å². The van der Waals surface area contributed by atoms with Crippen LogP contribution in [0.25, 0.3) is 0 Å². The van der Waals surface area contributed by atoms with Gasteiger partial charge in [-0.15, -0.1) is 0 Å². The Bertz CT molecular complexity index is 333. The summed E-state index contributed by atoms with van der Waals surface area (Å²) in [6, 6.07) is 2.78. The first-order valence-corrected chi connectivity index (χ1v) is 5.32. The van der Waals surface area contributed by atoms with Gasteiger partial charge < -0.3 is 0 Å². The van der Waals surface area contributed by atoms with E-state index in [1.807, 2.05) is 0 Å². The van der Waals surface area contributed by atoms with Crippen LogP contribution in [0.15, 0.2) is 12.3 Å². The largest absolute Gasteiger partial charge is 0.299 e. The van der Waals surface area contributed by atoms with Gasteiger partial charge in [-0.1, -0.05) is 0 Å². The van der Waals surface area contributed by atoms with Gasteiger partial charge in [0.2, 0.25) is 0 Å². The second-order valence-electron chi connectivity index (χ2n) is 4.32. The number of likely N-dealkylation sites (tertiary alicyclic amines) is 1. The molecule has 1 aromatic rings. The highest BCUT2D eigenvalue weighted by atomic mass is 15.1. The molecule has 0 spiro atoms. The van der Waals surface area contributed by atoms with E-state index in [1.165, 1.54) is 30.5 Å². The van der Waals surface area contributed by atoms with Gasteiger partial charge in [-0.05, 0) is 57.5 Å². The molecule has 2 nitrogen and oxygen atoms in total. The van der Waals surface area contributed by atoms with Gasteiger partial charge in [-0.3, -0.25) is 9.88 Å². The third-order valence-electron chi connectivity index (χ3n) is 3.17. The summed E-state index contributed by atoms with van der Waals surface area (Å²) in [6.07, 6.45) is 4.65. The van der Waals surface area contributed by atoms with Crippen molar-refractivity contribution in [2.45, 2.75) is 32.7 Å². The predicted molar refractivity (Wildman–Crippen MR) is 58.3 cm³/mol. The van der Waals surface area contributed by atoms with Gasteiger partial charge >= 0.3 is 0 Å². The molecule has 2 rings (SSSR count). The number of pyridine rings is 1. The number of hydrogen-bond donors (Lipinski definition) is 0. The zero-order valence-electron chi connectivity index (χ0n) is 9.25. The van der Waals surface area contributed by atoms with Crippen molar-refractivity contribution in [3.8, 4) is 0 Å². The molecule has 14 heavy (non-hydrogen) atoms. The topological polar surface area (TPSA) is 16.1 Å². The van der Waals surface area contributed by atoms with Crippen molar-refractivity contribution in [2.24, 2.45) is 0 Å². The summed E-state index contributed by atoms with van der Waals surface area (Å²) in [7, 11) is 2.21. The second kappa shape index (κ2) is 3.70. The van der Waals surface area contributed by atoms with Gasteiger partial charge in [-0.2, -0.15) is 0 Å². The maximum Gasteiger partial charge on any atom is 0.0375 e. The van der Waals surface area contributed by atoms with Gasteiger partial charge in [0, 0.05) is 17.9 Å². The quantitative estimate of drug-likeness (QED) is 0.676. The van der Waals surface area contributed by atoms with Crippen molar-refractivity contribution in [3.63, 3.8) is 0 Å². The molecule has 0 aliphatic carbocycles. The number of aryl methyl sites for hydroxylation is 2. The van der Waals surface area contributed by atoms with Crippen LogP contribution in [0.3, 0.4) is 0 Å². The Morgan fingerprint density at radius 2 is 2.21 bits per heavy atom. The molecule has 0 radical (unpaired) electrons. The molecule has 0 unspecified atom stereocenters. The highest BCUT2D eigenvalue weighted by Gasteiger charge is 2.23. The molecule has 2 heterocycles. The molecule has 2 heteroatoms. The fraction of sp³-hybridized carbons (Fsp3) is 0.583. The molecule has 1 aromatic heterocycles. The van der Waals surface area contributed by atoms with Crippen LogP contribution in [-0.4, -0.2) is 23.5 Å². The summed E-state index contributed by atoms with van der Waals surface area (Å²) in [5.41, 5.74) is 3.92. The summed E-state index contributed by atoms with van der Waals surface area (Å²) < 4.78 is 0. The third-order valence-corrected chi connectivity index (χ3v) is 3.17. The number of hydrogen-bond acceptors (Lipinski definition) is 2. The van der Waals surface area contributed by atoms with E-state index in [0.29, 0.717) is 6.04 Å². The lowest BCUT2D eigenvalue weighted by Gasteiger charge is -2.21. The van der Waals surface area contributed by atoms with E-state index in [1.54, 1.807) is 0 Å². The van der Waals surface area contributed by atoms with E-state index in [2.05, 4.69) is 43.0 Å². The van der Waals surface area contributed by atoms with Gasteiger partial charge in [0.15, 0.2) is 0 Å². The molecular formula is C12H18N2. The molecular weight excluding hydrogens is 172 g/mol. The van der Waals surface area contributed by atoms with Crippen molar-refractivity contribution < 1.29 is 0 Å². The monoisotopic (exact) mass is 190 g/mol. The normalized spacial score (nSPS) is 22.9. The molecule has 0 saturated carbocycles. The Balaban J connectivity index is 2.31. The maximum absolute atomic E-state index is 4.39. The van der Waals surface area contributed by atoms with Gasteiger partial charge in [0.25, 0.3) is 0 Å². The lowest BCUT2D eigenvalue weighted by Crippen LogP contribution is -2.18. The molecule has 76 valence electrons. The molecule has 0 bridgehead atoms. The van der Waals surface area contributed by atoms with Crippen LogP contribution < -0.4 is 0 Å². The zero-order valence-corrected chi connectivity index (χ0v) is 9.25. The Hall–Kier alpha value is -0.890. The summed E-state index contributed by atoms with van der Waals surface area (Å²) in [6.45, 7) is 5.46. The van der Waals surface area contributed by atoms with Crippen LogP contribution in [0.4, 0.5) is 0 Å². The SMILES string of the molecule is Cc1cc(C)c([C@H]2CCCN2C)cn1. The fourth-order valence-corrected chi connectivity index (χ4v) is 2.36. The predicted octanol–water partition coefficient (Wildman–Crippen LogP) is 2.47. The van der Waals surface area contributed by atoms with E-state index in [4.69, 9.17) is 0 Å². The molecule has 1 atom stereocenters. The summed E-state index contributed by atoms with van der Waals surface area (Å²) in [5, 5.41) is 0. The highest BCUT2D eigenvalue weighted by Crippen LogP contribution is 2.31. The smallest absolute Gasteiger partial charge is 0.0375 e. The highest BCUT2D eigenvalue weighted by molar-refractivity contribution is 5.28. The van der Waals surface area contributed by atoms with Crippen LogP contribution in [0.1, 0.15) is 35.7 Å². The van der Waals surface area contributed by atoms with Crippen molar-refractivity contribution in [1.82, 2.24) is 9.88 Å². The first-order chi connectivity index (χ1) is 6.68. The molecule has 1 saturated heterocycles. The summed E-state index contributed by atoms with van der Waals surface area (Å²) in [4.78, 5) is 6.82. The Morgan fingerprint density at radius 1 is 1.43 bits per heavy atom. The van der Waals surface area contributed by atoms with Crippen molar-refractivity contribution in [3.05, 3.63) is 29.1 Å².